The third-order valence-electron chi connectivity index (χ3n) is 6.16. The van der Waals surface area contributed by atoms with E-state index in [1.54, 1.807) is 25.1 Å². The molecule has 0 atom stereocenters. The Kier molecular flexibility index (Phi) is 8.89. The lowest BCUT2D eigenvalue weighted by atomic mass is 9.88. The Morgan fingerprint density at radius 3 is 2.49 bits per heavy atom. The van der Waals surface area contributed by atoms with Gasteiger partial charge in [0.05, 0.1) is 11.7 Å². The average Bonchev–Trinajstić information content (AvgIpc) is 3.40. The first kappa shape index (κ1) is 25.9. The molecule has 0 fully saturated rings. The smallest absolute Gasteiger partial charge is 0.245 e. The Bertz CT molecular complexity index is 1370. The maximum absolute atomic E-state index is 11.5. The molecule has 4 aromatic rings. The van der Waals surface area contributed by atoms with Gasteiger partial charge in [0.25, 0.3) is 0 Å². The first-order valence-corrected chi connectivity index (χ1v) is 12.6. The highest BCUT2D eigenvalue weighted by atomic mass is 16.5. The van der Waals surface area contributed by atoms with E-state index in [1.165, 1.54) is 16.7 Å². The molecule has 1 aromatic heterocycles. The maximum Gasteiger partial charge on any atom is 0.245 e. The number of carbonyl (C=O) groups is 1. The molecular weight excluding hydrogens is 460 g/mol. The molecule has 6 heteroatoms. The van der Waals surface area contributed by atoms with E-state index in [4.69, 9.17) is 4.74 Å². The molecule has 0 saturated carbocycles. The van der Waals surface area contributed by atoms with Gasteiger partial charge in [-0.15, -0.1) is 0 Å². The summed E-state index contributed by atoms with van der Waals surface area (Å²) in [4.78, 5) is 13.1. The topological polar surface area (TPSA) is 70.2 Å². The molecular formula is C31H34N4O2. The van der Waals surface area contributed by atoms with Gasteiger partial charge < -0.3 is 15.0 Å². The minimum atomic E-state index is -0.0188. The molecule has 3 aromatic carbocycles. The number of aromatic nitrogens is 2. The van der Waals surface area contributed by atoms with E-state index < -0.39 is 0 Å². The number of likely N-dealkylation sites (N-methyl/N-ethyl adjacent to an activating group) is 1. The fourth-order valence-corrected chi connectivity index (χ4v) is 4.23. The fraction of sp³-hybridized carbons (Fsp3) is 0.226. The first-order chi connectivity index (χ1) is 18.1. The normalized spacial score (nSPS) is 12.1. The number of amides is 1. The van der Waals surface area contributed by atoms with Crippen LogP contribution in [0, 0.1) is 0 Å². The zero-order chi connectivity index (χ0) is 26.0. The van der Waals surface area contributed by atoms with Crippen LogP contribution in [-0.4, -0.2) is 54.8 Å². The van der Waals surface area contributed by atoms with Crippen molar-refractivity contribution in [3.05, 3.63) is 108 Å². The van der Waals surface area contributed by atoms with E-state index in [0.717, 1.165) is 34.2 Å². The van der Waals surface area contributed by atoms with Crippen molar-refractivity contribution in [2.45, 2.75) is 13.3 Å². The van der Waals surface area contributed by atoms with Crippen molar-refractivity contribution in [1.29, 1.82) is 0 Å². The summed E-state index contributed by atoms with van der Waals surface area (Å²) < 4.78 is 5.94. The average molecular weight is 495 g/mol. The number of nitrogens with one attached hydrogen (secondary N) is 2. The van der Waals surface area contributed by atoms with Crippen LogP contribution in [0.1, 0.15) is 30.0 Å². The van der Waals surface area contributed by atoms with E-state index in [9.17, 15) is 4.79 Å². The number of ether oxygens (including phenoxy) is 1. The van der Waals surface area contributed by atoms with Gasteiger partial charge in [0.1, 0.15) is 12.4 Å². The lowest BCUT2D eigenvalue weighted by Gasteiger charge is -2.17. The Morgan fingerprint density at radius 2 is 1.76 bits per heavy atom. The lowest BCUT2D eigenvalue weighted by Crippen LogP contribution is -2.22. The van der Waals surface area contributed by atoms with E-state index >= 15 is 0 Å². The molecule has 190 valence electrons. The third-order valence-corrected chi connectivity index (χ3v) is 6.16. The molecule has 1 heterocycles. The van der Waals surface area contributed by atoms with Crippen LogP contribution >= 0.6 is 0 Å². The number of allylic oxidation sites excluding steroid dienone is 1. The van der Waals surface area contributed by atoms with E-state index in [2.05, 4.69) is 83.1 Å². The highest BCUT2D eigenvalue weighted by Gasteiger charge is 2.14. The van der Waals surface area contributed by atoms with Crippen LogP contribution in [0.15, 0.2) is 91.1 Å². The van der Waals surface area contributed by atoms with Crippen LogP contribution < -0.4 is 10.1 Å². The van der Waals surface area contributed by atoms with Crippen LogP contribution in [0.5, 0.6) is 5.75 Å². The molecule has 4 rings (SSSR count). The van der Waals surface area contributed by atoms with Crippen molar-refractivity contribution >= 4 is 28.0 Å². The molecule has 37 heavy (non-hydrogen) atoms. The molecule has 0 radical (unpaired) electrons. The van der Waals surface area contributed by atoms with Crippen LogP contribution in [0.2, 0.25) is 0 Å². The number of carbonyl (C=O) groups excluding carboxylic acids is 1. The quantitative estimate of drug-likeness (QED) is 0.163. The van der Waals surface area contributed by atoms with Crippen molar-refractivity contribution in [1.82, 2.24) is 20.4 Å². The Morgan fingerprint density at radius 1 is 1.00 bits per heavy atom. The highest BCUT2D eigenvalue weighted by molar-refractivity contribution is 6.00. The van der Waals surface area contributed by atoms with Gasteiger partial charge in [-0.2, -0.15) is 5.10 Å². The Hall–Kier alpha value is -4.16. The lowest BCUT2D eigenvalue weighted by molar-refractivity contribution is -0.123. The fourth-order valence-electron chi connectivity index (χ4n) is 4.23. The summed E-state index contributed by atoms with van der Waals surface area (Å²) in [5.41, 5.74) is 7.06. The van der Waals surface area contributed by atoms with Crippen molar-refractivity contribution in [2.24, 2.45) is 0 Å². The SMILES string of the molecule is CC/C(=C(/c1ccc(OCCNCC=CC(=O)N(C)C)cc1)c1ccc2[nH]ncc2c1)c1ccccc1. The van der Waals surface area contributed by atoms with E-state index in [1.807, 2.05) is 24.4 Å². The summed E-state index contributed by atoms with van der Waals surface area (Å²) in [6.45, 7) is 4.05. The van der Waals surface area contributed by atoms with Gasteiger partial charge in [0.2, 0.25) is 5.91 Å². The largest absolute Gasteiger partial charge is 0.492 e. The van der Waals surface area contributed by atoms with Crippen LogP contribution in [0.4, 0.5) is 0 Å². The molecule has 0 unspecified atom stereocenters. The Labute approximate surface area is 218 Å². The van der Waals surface area contributed by atoms with Gasteiger partial charge >= 0.3 is 0 Å². The second-order valence-corrected chi connectivity index (χ2v) is 8.96. The summed E-state index contributed by atoms with van der Waals surface area (Å²) in [6, 6.07) is 25.3. The molecule has 0 saturated heterocycles. The number of H-pyrrole nitrogens is 1. The summed E-state index contributed by atoms with van der Waals surface area (Å²) in [5.74, 6) is 0.806. The molecule has 0 aliphatic heterocycles. The predicted octanol–water partition coefficient (Wildman–Crippen LogP) is 5.54. The number of aromatic amines is 1. The van der Waals surface area contributed by atoms with Crippen molar-refractivity contribution in [3.8, 4) is 5.75 Å². The molecule has 0 aliphatic rings. The number of fused-ring (bicyclic) bond motifs is 1. The van der Waals surface area contributed by atoms with Crippen LogP contribution in [-0.2, 0) is 4.79 Å². The number of hydrogen-bond acceptors (Lipinski definition) is 4. The van der Waals surface area contributed by atoms with Crippen molar-refractivity contribution in [3.63, 3.8) is 0 Å². The monoisotopic (exact) mass is 494 g/mol. The van der Waals surface area contributed by atoms with Gasteiger partial charge in [0, 0.05) is 38.6 Å². The molecule has 0 bridgehead atoms. The van der Waals surface area contributed by atoms with Crippen molar-refractivity contribution < 1.29 is 9.53 Å². The molecule has 2 N–H and O–H groups in total. The highest BCUT2D eigenvalue weighted by Crippen LogP contribution is 2.36. The number of rotatable bonds is 11. The summed E-state index contributed by atoms with van der Waals surface area (Å²) in [7, 11) is 3.47. The summed E-state index contributed by atoms with van der Waals surface area (Å²) >= 11 is 0. The van der Waals surface area contributed by atoms with Crippen LogP contribution in [0.25, 0.3) is 22.0 Å². The summed E-state index contributed by atoms with van der Waals surface area (Å²) in [5, 5.41) is 11.6. The summed E-state index contributed by atoms with van der Waals surface area (Å²) in [6.07, 6.45) is 6.17. The van der Waals surface area contributed by atoms with Gasteiger partial charge in [0.15, 0.2) is 0 Å². The van der Waals surface area contributed by atoms with Gasteiger partial charge in [-0.25, -0.2) is 0 Å². The number of nitrogens with zero attached hydrogens (tertiary/aromatic N) is 2. The van der Waals surface area contributed by atoms with Crippen molar-refractivity contribution in [2.75, 3.05) is 33.8 Å². The second kappa shape index (κ2) is 12.7. The predicted molar refractivity (Wildman–Crippen MR) is 151 cm³/mol. The zero-order valence-electron chi connectivity index (χ0n) is 21.7. The van der Waals surface area contributed by atoms with Gasteiger partial charge in [-0.05, 0) is 58.5 Å². The molecule has 1 amide bonds. The Balaban J connectivity index is 1.50. The van der Waals surface area contributed by atoms with Gasteiger partial charge in [-0.3, -0.25) is 9.89 Å². The number of hydrogen-bond donors (Lipinski definition) is 2. The first-order valence-electron chi connectivity index (χ1n) is 12.6. The third kappa shape index (κ3) is 6.74. The molecule has 0 spiro atoms. The second-order valence-electron chi connectivity index (χ2n) is 8.96. The zero-order valence-corrected chi connectivity index (χ0v) is 21.7. The standard InChI is InChI=1S/C31H34N4O2/c1-4-28(23-9-6-5-7-10-23)31(25-14-17-29-26(21-25)22-33-34-29)24-12-15-27(16-13-24)37-20-19-32-18-8-11-30(36)35(2)3/h5-17,21-22,32H,4,18-20H2,1-3H3,(H,33,34)/b11-8?,31-28+. The van der Waals surface area contributed by atoms with Gasteiger partial charge in [-0.1, -0.05) is 61.5 Å². The van der Waals surface area contributed by atoms with Crippen LogP contribution in [0.3, 0.4) is 0 Å². The molecule has 0 aliphatic carbocycles. The number of benzene rings is 3. The van der Waals surface area contributed by atoms with E-state index in [0.29, 0.717) is 19.7 Å². The maximum atomic E-state index is 11.5. The van der Waals surface area contributed by atoms with E-state index in [-0.39, 0.29) is 5.91 Å². The minimum Gasteiger partial charge on any atom is -0.492 e. The molecule has 6 nitrogen and oxygen atoms in total. The minimum absolute atomic E-state index is 0.0188.